The zero-order chi connectivity index (χ0) is 15.2. The lowest BCUT2D eigenvalue weighted by molar-refractivity contribution is 0.103. The summed E-state index contributed by atoms with van der Waals surface area (Å²) in [7, 11) is 0. The lowest BCUT2D eigenvalue weighted by Gasteiger charge is -2.09. The summed E-state index contributed by atoms with van der Waals surface area (Å²) in [5, 5.41) is 0.487. The Bertz CT molecular complexity index is 666. The van der Waals surface area contributed by atoms with Crippen LogP contribution in [0, 0.1) is 6.92 Å². The number of allylic oxidation sites excluding steroid dienone is 2. The molecule has 2 rings (SSSR count). The largest absolute Gasteiger partial charge is 0.289 e. The van der Waals surface area contributed by atoms with Crippen LogP contribution in [0.5, 0.6) is 0 Å². The average molecular weight is 297 g/mol. The van der Waals surface area contributed by atoms with Crippen LogP contribution >= 0.6 is 11.6 Å². The maximum absolute atomic E-state index is 12.7. The fraction of sp³-hybridized carbons (Fsp3) is 0.105. The standard InChI is InChI=1S/C19H17ClO/c1-3-7-17(18(20)15-8-5-4-6-9-15)19(21)16-12-10-14(2)11-13-16/h3-6,8-13H,1,7H2,2H3/b18-17+. The van der Waals surface area contributed by atoms with Crippen LogP contribution in [-0.2, 0) is 0 Å². The van der Waals surface area contributed by atoms with Gasteiger partial charge in [-0.15, -0.1) is 6.58 Å². The third-order valence-corrected chi connectivity index (χ3v) is 3.67. The Morgan fingerprint density at radius 3 is 2.24 bits per heavy atom. The second-order valence-electron chi connectivity index (χ2n) is 4.85. The highest BCUT2D eigenvalue weighted by Gasteiger charge is 2.16. The lowest BCUT2D eigenvalue weighted by Crippen LogP contribution is -2.04. The summed E-state index contributed by atoms with van der Waals surface area (Å²) >= 11 is 6.44. The van der Waals surface area contributed by atoms with Crippen molar-refractivity contribution in [1.29, 1.82) is 0 Å². The fourth-order valence-electron chi connectivity index (χ4n) is 2.06. The normalized spacial score (nSPS) is 11.7. The molecule has 2 heteroatoms. The van der Waals surface area contributed by atoms with Gasteiger partial charge in [0.25, 0.3) is 0 Å². The van der Waals surface area contributed by atoms with Gasteiger partial charge in [0.05, 0.1) is 5.03 Å². The van der Waals surface area contributed by atoms with Crippen molar-refractivity contribution < 1.29 is 4.79 Å². The second-order valence-corrected chi connectivity index (χ2v) is 5.22. The predicted molar refractivity (Wildman–Crippen MR) is 89.5 cm³/mol. The molecule has 0 bridgehead atoms. The number of hydrogen-bond donors (Lipinski definition) is 0. The molecule has 106 valence electrons. The molecule has 1 nitrogen and oxygen atoms in total. The predicted octanol–water partition coefficient (Wildman–Crippen LogP) is 5.40. The Hall–Kier alpha value is -2.12. The number of Topliss-reactive ketones (excluding diaryl/α,β-unsaturated/α-hetero) is 1. The highest BCUT2D eigenvalue weighted by molar-refractivity contribution is 6.51. The highest BCUT2D eigenvalue weighted by Crippen LogP contribution is 2.27. The van der Waals surface area contributed by atoms with Gasteiger partial charge in [0.1, 0.15) is 0 Å². The van der Waals surface area contributed by atoms with Crippen LogP contribution in [0.4, 0.5) is 0 Å². The molecule has 21 heavy (non-hydrogen) atoms. The molecule has 0 saturated carbocycles. The Morgan fingerprint density at radius 1 is 1.05 bits per heavy atom. The molecule has 0 unspecified atom stereocenters. The fourth-order valence-corrected chi connectivity index (χ4v) is 2.35. The van der Waals surface area contributed by atoms with Gasteiger partial charge in [0, 0.05) is 11.1 Å². The van der Waals surface area contributed by atoms with Gasteiger partial charge < -0.3 is 0 Å². The monoisotopic (exact) mass is 296 g/mol. The van der Waals surface area contributed by atoms with Gasteiger partial charge >= 0.3 is 0 Å². The van der Waals surface area contributed by atoms with Crippen molar-refractivity contribution >= 4 is 22.4 Å². The molecule has 0 fully saturated rings. The third-order valence-electron chi connectivity index (χ3n) is 3.23. The molecule has 2 aromatic carbocycles. The van der Waals surface area contributed by atoms with E-state index in [1.165, 1.54) is 0 Å². The smallest absolute Gasteiger partial charge is 0.190 e. The number of carbonyl (C=O) groups is 1. The molecule has 0 aliphatic heterocycles. The Balaban J connectivity index is 2.45. The summed E-state index contributed by atoms with van der Waals surface area (Å²) < 4.78 is 0. The molecule has 0 radical (unpaired) electrons. The SMILES string of the molecule is C=CC/C(C(=O)c1ccc(C)cc1)=C(\Cl)c1ccccc1. The zero-order valence-corrected chi connectivity index (χ0v) is 12.7. The van der Waals surface area contributed by atoms with E-state index in [0.29, 0.717) is 22.6 Å². The van der Waals surface area contributed by atoms with Crippen LogP contribution in [0.2, 0.25) is 0 Å². The van der Waals surface area contributed by atoms with Gasteiger partial charge in [0.2, 0.25) is 0 Å². The minimum atomic E-state index is -0.0521. The van der Waals surface area contributed by atoms with Crippen LogP contribution in [0.25, 0.3) is 5.03 Å². The van der Waals surface area contributed by atoms with Gasteiger partial charge in [-0.3, -0.25) is 4.79 Å². The number of hydrogen-bond acceptors (Lipinski definition) is 1. The van der Waals surface area contributed by atoms with Crippen molar-refractivity contribution in [2.45, 2.75) is 13.3 Å². The quantitative estimate of drug-likeness (QED) is 0.410. The van der Waals surface area contributed by atoms with Crippen molar-refractivity contribution in [3.05, 3.63) is 89.5 Å². The summed E-state index contributed by atoms with van der Waals surface area (Å²) in [6.45, 7) is 5.71. The molecule has 0 aliphatic carbocycles. The van der Waals surface area contributed by atoms with Gasteiger partial charge in [-0.25, -0.2) is 0 Å². The summed E-state index contributed by atoms with van der Waals surface area (Å²) in [6.07, 6.45) is 2.15. The van der Waals surface area contributed by atoms with E-state index in [2.05, 4.69) is 6.58 Å². The molecular formula is C19H17ClO. The van der Waals surface area contributed by atoms with Crippen LogP contribution in [-0.4, -0.2) is 5.78 Å². The van der Waals surface area contributed by atoms with Gasteiger partial charge in [0.15, 0.2) is 5.78 Å². The van der Waals surface area contributed by atoms with E-state index in [1.54, 1.807) is 6.08 Å². The van der Waals surface area contributed by atoms with E-state index < -0.39 is 0 Å². The van der Waals surface area contributed by atoms with Crippen molar-refractivity contribution in [1.82, 2.24) is 0 Å². The third kappa shape index (κ3) is 3.71. The molecule has 0 amide bonds. The maximum Gasteiger partial charge on any atom is 0.190 e. The van der Waals surface area contributed by atoms with E-state index in [1.807, 2.05) is 61.5 Å². The van der Waals surface area contributed by atoms with E-state index in [4.69, 9.17) is 11.6 Å². The molecule has 0 atom stereocenters. The van der Waals surface area contributed by atoms with Crippen LogP contribution in [0.1, 0.15) is 27.9 Å². The van der Waals surface area contributed by atoms with E-state index in [0.717, 1.165) is 11.1 Å². The zero-order valence-electron chi connectivity index (χ0n) is 12.0. The number of aryl methyl sites for hydroxylation is 1. The van der Waals surface area contributed by atoms with Crippen LogP contribution in [0.15, 0.2) is 72.8 Å². The van der Waals surface area contributed by atoms with Gasteiger partial charge in [-0.1, -0.05) is 77.8 Å². The number of carbonyl (C=O) groups excluding carboxylic acids is 1. The first-order chi connectivity index (χ1) is 10.1. The Morgan fingerprint density at radius 2 is 1.67 bits per heavy atom. The van der Waals surface area contributed by atoms with Crippen molar-refractivity contribution in [2.75, 3.05) is 0 Å². The molecule has 0 saturated heterocycles. The van der Waals surface area contributed by atoms with Gasteiger partial charge in [-0.05, 0) is 18.9 Å². The summed E-state index contributed by atoms with van der Waals surface area (Å²) in [6, 6.07) is 17.0. The van der Waals surface area contributed by atoms with Crippen molar-refractivity contribution in [3.63, 3.8) is 0 Å². The molecule has 0 spiro atoms. The minimum absolute atomic E-state index is 0.0521. The summed E-state index contributed by atoms with van der Waals surface area (Å²) in [5.74, 6) is -0.0521. The molecule has 0 heterocycles. The first kappa shape index (κ1) is 15.3. The number of rotatable bonds is 5. The van der Waals surface area contributed by atoms with E-state index in [-0.39, 0.29) is 5.78 Å². The van der Waals surface area contributed by atoms with E-state index >= 15 is 0 Å². The second kappa shape index (κ2) is 7.05. The molecule has 2 aromatic rings. The number of halogens is 1. The Kier molecular flexibility index (Phi) is 5.13. The van der Waals surface area contributed by atoms with Crippen molar-refractivity contribution in [2.24, 2.45) is 0 Å². The molecular weight excluding hydrogens is 280 g/mol. The van der Waals surface area contributed by atoms with E-state index in [9.17, 15) is 4.79 Å². The van der Waals surface area contributed by atoms with Gasteiger partial charge in [-0.2, -0.15) is 0 Å². The number of ketones is 1. The van der Waals surface area contributed by atoms with Crippen LogP contribution in [0.3, 0.4) is 0 Å². The first-order valence-electron chi connectivity index (χ1n) is 6.80. The first-order valence-corrected chi connectivity index (χ1v) is 7.17. The lowest BCUT2D eigenvalue weighted by atomic mass is 9.97. The topological polar surface area (TPSA) is 17.1 Å². The van der Waals surface area contributed by atoms with Crippen LogP contribution < -0.4 is 0 Å². The molecule has 0 N–H and O–H groups in total. The summed E-state index contributed by atoms with van der Waals surface area (Å²) in [4.78, 5) is 12.7. The maximum atomic E-state index is 12.7. The summed E-state index contributed by atoms with van der Waals surface area (Å²) in [5.41, 5.74) is 3.18. The minimum Gasteiger partial charge on any atom is -0.289 e. The Labute approximate surface area is 130 Å². The molecule has 0 aromatic heterocycles. The number of benzene rings is 2. The molecule has 0 aliphatic rings. The average Bonchev–Trinajstić information content (AvgIpc) is 2.53. The highest BCUT2D eigenvalue weighted by atomic mass is 35.5. The van der Waals surface area contributed by atoms with Crippen molar-refractivity contribution in [3.8, 4) is 0 Å².